The lowest BCUT2D eigenvalue weighted by Crippen LogP contribution is -2.23. The molecule has 4 heteroatoms. The predicted octanol–water partition coefficient (Wildman–Crippen LogP) is 2.29. The molecule has 0 saturated carbocycles. The van der Waals surface area contributed by atoms with E-state index in [9.17, 15) is 4.79 Å². The summed E-state index contributed by atoms with van der Waals surface area (Å²) in [5, 5.41) is 9.87. The van der Waals surface area contributed by atoms with Gasteiger partial charge < -0.3 is 9.67 Å². The molecule has 0 spiro atoms. The molecule has 0 saturated heterocycles. The van der Waals surface area contributed by atoms with Crippen molar-refractivity contribution >= 4 is 22.7 Å². The number of amides is 1. The van der Waals surface area contributed by atoms with E-state index in [4.69, 9.17) is 5.11 Å². The SMILES string of the molecule is CN(C(=O)O)c1cn(C)c2ccccc12. The molecule has 4 nitrogen and oxygen atoms in total. The smallest absolute Gasteiger partial charge is 0.411 e. The lowest BCUT2D eigenvalue weighted by Gasteiger charge is -2.10. The fourth-order valence-corrected chi connectivity index (χ4v) is 1.69. The first-order chi connectivity index (χ1) is 7.11. The first-order valence-electron chi connectivity index (χ1n) is 4.62. The zero-order valence-corrected chi connectivity index (χ0v) is 8.64. The predicted molar refractivity (Wildman–Crippen MR) is 59.3 cm³/mol. The average molecular weight is 204 g/mol. The van der Waals surface area contributed by atoms with Gasteiger partial charge in [0, 0.05) is 31.2 Å². The third-order valence-corrected chi connectivity index (χ3v) is 2.52. The first-order valence-corrected chi connectivity index (χ1v) is 4.62. The van der Waals surface area contributed by atoms with Crippen LogP contribution in [0.25, 0.3) is 10.9 Å². The van der Waals surface area contributed by atoms with E-state index in [1.807, 2.05) is 42.1 Å². The molecular weight excluding hydrogens is 192 g/mol. The summed E-state index contributed by atoms with van der Waals surface area (Å²) in [6, 6.07) is 7.73. The summed E-state index contributed by atoms with van der Waals surface area (Å²) in [6.45, 7) is 0. The van der Waals surface area contributed by atoms with E-state index < -0.39 is 6.09 Å². The van der Waals surface area contributed by atoms with Gasteiger partial charge in [0.15, 0.2) is 0 Å². The van der Waals surface area contributed by atoms with Gasteiger partial charge in [0.1, 0.15) is 0 Å². The zero-order valence-electron chi connectivity index (χ0n) is 8.64. The van der Waals surface area contributed by atoms with Crippen LogP contribution in [0.3, 0.4) is 0 Å². The van der Waals surface area contributed by atoms with Crippen LogP contribution >= 0.6 is 0 Å². The molecule has 0 unspecified atom stereocenters. The third-order valence-electron chi connectivity index (χ3n) is 2.52. The van der Waals surface area contributed by atoms with Crippen LogP contribution in [-0.4, -0.2) is 22.8 Å². The van der Waals surface area contributed by atoms with Gasteiger partial charge >= 0.3 is 6.09 Å². The second-order valence-corrected chi connectivity index (χ2v) is 3.48. The quantitative estimate of drug-likeness (QED) is 0.774. The number of carboxylic acid groups (broad SMARTS) is 1. The van der Waals surface area contributed by atoms with E-state index in [0.717, 1.165) is 10.9 Å². The molecule has 1 amide bonds. The van der Waals surface area contributed by atoms with E-state index in [1.54, 1.807) is 7.05 Å². The van der Waals surface area contributed by atoms with Gasteiger partial charge in [0.25, 0.3) is 0 Å². The van der Waals surface area contributed by atoms with Crippen molar-refractivity contribution in [1.29, 1.82) is 0 Å². The normalized spacial score (nSPS) is 10.5. The van der Waals surface area contributed by atoms with Crippen molar-refractivity contribution in [2.45, 2.75) is 0 Å². The molecule has 0 atom stereocenters. The highest BCUT2D eigenvalue weighted by Crippen LogP contribution is 2.27. The van der Waals surface area contributed by atoms with Crippen molar-refractivity contribution in [3.05, 3.63) is 30.5 Å². The summed E-state index contributed by atoms with van der Waals surface area (Å²) < 4.78 is 1.92. The Morgan fingerprint density at radius 2 is 2.07 bits per heavy atom. The molecule has 0 aliphatic heterocycles. The van der Waals surface area contributed by atoms with E-state index in [2.05, 4.69) is 0 Å². The molecule has 0 radical (unpaired) electrons. The molecule has 0 bridgehead atoms. The standard InChI is InChI=1S/C11H12N2O2/c1-12-7-10(13(2)11(14)15)8-5-3-4-6-9(8)12/h3-7H,1-2H3,(H,14,15). The minimum Gasteiger partial charge on any atom is -0.465 e. The van der Waals surface area contributed by atoms with Crippen molar-refractivity contribution in [3.8, 4) is 0 Å². The number of aromatic nitrogens is 1. The molecule has 15 heavy (non-hydrogen) atoms. The van der Waals surface area contributed by atoms with Gasteiger partial charge in [-0.15, -0.1) is 0 Å². The summed E-state index contributed by atoms with van der Waals surface area (Å²) in [7, 11) is 3.45. The van der Waals surface area contributed by atoms with Crippen LogP contribution in [0.15, 0.2) is 30.5 Å². The Morgan fingerprint density at radius 1 is 1.40 bits per heavy atom. The Balaban J connectivity index is 2.67. The topological polar surface area (TPSA) is 45.5 Å². The molecule has 2 aromatic rings. The van der Waals surface area contributed by atoms with Gasteiger partial charge in [0.2, 0.25) is 0 Å². The summed E-state index contributed by atoms with van der Waals surface area (Å²) in [4.78, 5) is 12.1. The maximum Gasteiger partial charge on any atom is 0.411 e. The Labute approximate surface area is 87.3 Å². The number of hydrogen-bond donors (Lipinski definition) is 1. The van der Waals surface area contributed by atoms with Crippen LogP contribution in [0.5, 0.6) is 0 Å². The highest BCUT2D eigenvalue weighted by atomic mass is 16.4. The van der Waals surface area contributed by atoms with Crippen LogP contribution in [-0.2, 0) is 7.05 Å². The lowest BCUT2D eigenvalue weighted by atomic mass is 10.2. The Hall–Kier alpha value is -1.97. The average Bonchev–Trinajstić information content (AvgIpc) is 2.56. The number of rotatable bonds is 1. The molecule has 78 valence electrons. The summed E-state index contributed by atoms with van der Waals surface area (Å²) in [5.41, 5.74) is 1.74. The number of anilines is 1. The molecular formula is C11H12N2O2. The van der Waals surface area contributed by atoms with Gasteiger partial charge in [-0.1, -0.05) is 18.2 Å². The molecule has 1 aromatic carbocycles. The fraction of sp³-hybridized carbons (Fsp3) is 0.182. The van der Waals surface area contributed by atoms with Crippen LogP contribution in [0.2, 0.25) is 0 Å². The van der Waals surface area contributed by atoms with Crippen molar-refractivity contribution in [1.82, 2.24) is 4.57 Å². The molecule has 1 N–H and O–H groups in total. The minimum atomic E-state index is -0.952. The summed E-state index contributed by atoms with van der Waals surface area (Å²) in [5.74, 6) is 0. The number of benzene rings is 1. The number of fused-ring (bicyclic) bond motifs is 1. The van der Waals surface area contributed by atoms with Crippen molar-refractivity contribution in [2.75, 3.05) is 11.9 Å². The van der Waals surface area contributed by atoms with E-state index in [-0.39, 0.29) is 0 Å². The fourth-order valence-electron chi connectivity index (χ4n) is 1.69. The highest BCUT2D eigenvalue weighted by molar-refractivity contribution is 6.00. The number of para-hydroxylation sites is 1. The molecule has 1 aromatic heterocycles. The molecule has 2 rings (SSSR count). The Morgan fingerprint density at radius 3 is 2.73 bits per heavy atom. The molecule has 1 heterocycles. The van der Waals surface area contributed by atoms with Crippen LogP contribution < -0.4 is 4.90 Å². The van der Waals surface area contributed by atoms with Crippen LogP contribution in [0.1, 0.15) is 0 Å². The van der Waals surface area contributed by atoms with Gasteiger partial charge in [-0.05, 0) is 6.07 Å². The first kappa shape index (κ1) is 9.58. The molecule has 0 aliphatic rings. The van der Waals surface area contributed by atoms with E-state index >= 15 is 0 Å². The van der Waals surface area contributed by atoms with Gasteiger partial charge in [-0.25, -0.2) is 4.79 Å². The number of nitrogens with zero attached hydrogens (tertiary/aromatic N) is 2. The zero-order chi connectivity index (χ0) is 11.0. The second-order valence-electron chi connectivity index (χ2n) is 3.48. The highest BCUT2D eigenvalue weighted by Gasteiger charge is 2.14. The number of carbonyl (C=O) groups is 1. The second kappa shape index (κ2) is 3.31. The van der Waals surface area contributed by atoms with Crippen molar-refractivity contribution < 1.29 is 9.90 Å². The summed E-state index contributed by atoms with van der Waals surface area (Å²) >= 11 is 0. The third kappa shape index (κ3) is 1.44. The van der Waals surface area contributed by atoms with Crippen molar-refractivity contribution in [2.24, 2.45) is 7.05 Å². The number of hydrogen-bond acceptors (Lipinski definition) is 1. The number of aryl methyl sites for hydroxylation is 1. The largest absolute Gasteiger partial charge is 0.465 e. The van der Waals surface area contributed by atoms with Crippen LogP contribution in [0.4, 0.5) is 10.5 Å². The monoisotopic (exact) mass is 204 g/mol. The maximum absolute atomic E-state index is 10.9. The van der Waals surface area contributed by atoms with E-state index in [1.165, 1.54) is 4.90 Å². The van der Waals surface area contributed by atoms with Crippen molar-refractivity contribution in [3.63, 3.8) is 0 Å². The van der Waals surface area contributed by atoms with Gasteiger partial charge in [-0.3, -0.25) is 4.90 Å². The molecule has 0 aliphatic carbocycles. The Bertz CT molecular complexity index is 516. The maximum atomic E-state index is 10.9. The van der Waals surface area contributed by atoms with Gasteiger partial charge in [-0.2, -0.15) is 0 Å². The molecule has 0 fully saturated rings. The van der Waals surface area contributed by atoms with Gasteiger partial charge in [0.05, 0.1) is 5.69 Å². The summed E-state index contributed by atoms with van der Waals surface area (Å²) in [6.07, 6.45) is 0.866. The van der Waals surface area contributed by atoms with Crippen LogP contribution in [0, 0.1) is 0 Å². The minimum absolute atomic E-state index is 0.709. The lowest BCUT2D eigenvalue weighted by molar-refractivity contribution is 0.203. The van der Waals surface area contributed by atoms with E-state index in [0.29, 0.717) is 5.69 Å². The Kier molecular flexibility index (Phi) is 2.11.